The lowest BCUT2D eigenvalue weighted by Gasteiger charge is -2.05. The molecule has 0 atom stereocenters. The molecule has 21 heavy (non-hydrogen) atoms. The summed E-state index contributed by atoms with van der Waals surface area (Å²) in [4.78, 5) is 29.5. The van der Waals surface area contributed by atoms with Gasteiger partial charge >= 0.3 is 5.97 Å². The molecule has 0 aliphatic carbocycles. The number of esters is 1. The number of H-pyrrole nitrogens is 1. The number of carbonyl (C=O) groups excluding carboxylic acids is 1. The van der Waals surface area contributed by atoms with E-state index in [1.807, 2.05) is 30.3 Å². The predicted octanol–water partition coefficient (Wildman–Crippen LogP) is 1.33. The van der Waals surface area contributed by atoms with Crippen molar-refractivity contribution >= 4 is 17.7 Å². The second-order valence-electron chi connectivity index (χ2n) is 4.20. The van der Waals surface area contributed by atoms with Crippen LogP contribution in [0.1, 0.15) is 11.1 Å². The van der Waals surface area contributed by atoms with Crippen molar-refractivity contribution in [2.45, 2.75) is 11.6 Å². The summed E-state index contributed by atoms with van der Waals surface area (Å²) in [7, 11) is 1.28. The van der Waals surface area contributed by atoms with Gasteiger partial charge in [0.05, 0.1) is 18.4 Å². The fraction of sp³-hybridized carbons (Fsp3) is 0.214. The van der Waals surface area contributed by atoms with Crippen LogP contribution in [0.3, 0.4) is 0 Å². The van der Waals surface area contributed by atoms with Crippen LogP contribution in [0.15, 0.2) is 40.3 Å². The molecule has 0 aliphatic rings. The molecule has 0 saturated carbocycles. The van der Waals surface area contributed by atoms with Gasteiger partial charge in [0.25, 0.3) is 5.56 Å². The first-order chi connectivity index (χ1) is 10.1. The van der Waals surface area contributed by atoms with Crippen molar-refractivity contribution in [3.63, 3.8) is 0 Å². The lowest BCUT2D eigenvalue weighted by Crippen LogP contribution is -2.16. The number of methoxy groups -OCH3 is 1. The van der Waals surface area contributed by atoms with Gasteiger partial charge in [0, 0.05) is 6.42 Å². The molecule has 7 heteroatoms. The van der Waals surface area contributed by atoms with E-state index in [1.54, 1.807) is 0 Å². The Morgan fingerprint density at radius 3 is 2.71 bits per heavy atom. The number of nitrogens with one attached hydrogen (secondary N) is 1. The topological polar surface area (TPSA) is 92.3 Å². The highest BCUT2D eigenvalue weighted by atomic mass is 32.2. The molecule has 0 fully saturated rings. The second kappa shape index (κ2) is 6.94. The van der Waals surface area contributed by atoms with Gasteiger partial charge in [-0.1, -0.05) is 42.1 Å². The minimum Gasteiger partial charge on any atom is -0.493 e. The first-order valence-corrected chi connectivity index (χ1v) is 7.14. The van der Waals surface area contributed by atoms with Crippen LogP contribution >= 0.6 is 11.8 Å². The number of benzene rings is 1. The first-order valence-electron chi connectivity index (χ1n) is 6.16. The Morgan fingerprint density at radius 2 is 2.10 bits per heavy atom. The molecule has 1 aromatic heterocycles. The fourth-order valence-electron chi connectivity index (χ4n) is 1.68. The molecule has 0 aliphatic heterocycles. The van der Waals surface area contributed by atoms with Crippen molar-refractivity contribution in [1.82, 2.24) is 9.97 Å². The Morgan fingerprint density at radius 1 is 1.38 bits per heavy atom. The molecule has 110 valence electrons. The highest BCUT2D eigenvalue weighted by Crippen LogP contribution is 2.18. The van der Waals surface area contributed by atoms with E-state index in [1.165, 1.54) is 7.11 Å². The summed E-state index contributed by atoms with van der Waals surface area (Å²) >= 11 is 0.995. The lowest BCUT2D eigenvalue weighted by molar-refractivity contribution is -0.137. The van der Waals surface area contributed by atoms with Crippen LogP contribution in [0.25, 0.3) is 0 Å². The smallest absolute Gasteiger partial charge is 0.316 e. The van der Waals surface area contributed by atoms with E-state index in [-0.39, 0.29) is 28.8 Å². The van der Waals surface area contributed by atoms with E-state index in [0.29, 0.717) is 0 Å². The van der Waals surface area contributed by atoms with Crippen LogP contribution in [-0.4, -0.2) is 33.9 Å². The normalized spacial score (nSPS) is 10.3. The largest absolute Gasteiger partial charge is 0.493 e. The number of hydrogen-bond acceptors (Lipinski definition) is 6. The molecule has 2 rings (SSSR count). The number of aromatic amines is 1. The van der Waals surface area contributed by atoms with Gasteiger partial charge < -0.3 is 14.8 Å². The first kappa shape index (κ1) is 15.1. The van der Waals surface area contributed by atoms with E-state index in [9.17, 15) is 14.7 Å². The Kier molecular flexibility index (Phi) is 4.99. The average molecular weight is 306 g/mol. The van der Waals surface area contributed by atoms with Crippen molar-refractivity contribution in [3.05, 3.63) is 51.8 Å². The lowest BCUT2D eigenvalue weighted by atomic mass is 10.1. The van der Waals surface area contributed by atoms with Gasteiger partial charge in [-0.3, -0.25) is 9.59 Å². The van der Waals surface area contributed by atoms with Crippen molar-refractivity contribution < 1.29 is 14.6 Å². The van der Waals surface area contributed by atoms with Crippen molar-refractivity contribution in [1.29, 1.82) is 0 Å². The standard InChI is InChI=1S/C14H14N2O4S/c1-20-11(17)8-21-14-15-12(18)10(13(19)16-14)7-9-5-3-2-4-6-9/h2-6H,7-8H2,1H3,(H2,15,16,18,19). The van der Waals surface area contributed by atoms with E-state index in [4.69, 9.17) is 0 Å². The third-order valence-corrected chi connectivity index (χ3v) is 3.60. The van der Waals surface area contributed by atoms with Gasteiger partial charge in [-0.2, -0.15) is 4.98 Å². The average Bonchev–Trinajstić information content (AvgIpc) is 2.49. The molecule has 0 amide bonds. The Bertz CT molecular complexity index is 685. The molecule has 0 bridgehead atoms. The molecule has 0 spiro atoms. The zero-order valence-corrected chi connectivity index (χ0v) is 12.1. The number of aromatic hydroxyl groups is 1. The van der Waals surface area contributed by atoms with E-state index in [0.717, 1.165) is 17.3 Å². The molecule has 1 heterocycles. The van der Waals surface area contributed by atoms with Crippen molar-refractivity contribution in [3.8, 4) is 5.88 Å². The summed E-state index contributed by atoms with van der Waals surface area (Å²) < 4.78 is 4.49. The molecule has 6 nitrogen and oxygen atoms in total. The zero-order valence-electron chi connectivity index (χ0n) is 11.3. The molecule has 1 aromatic carbocycles. The summed E-state index contributed by atoms with van der Waals surface area (Å²) in [5, 5.41) is 10.1. The van der Waals surface area contributed by atoms with E-state index >= 15 is 0 Å². The summed E-state index contributed by atoms with van der Waals surface area (Å²) in [6, 6.07) is 9.30. The van der Waals surface area contributed by atoms with E-state index in [2.05, 4.69) is 14.7 Å². The Hall–Kier alpha value is -2.28. The quantitative estimate of drug-likeness (QED) is 0.492. The van der Waals surface area contributed by atoms with Crippen molar-refractivity contribution in [2.24, 2.45) is 0 Å². The maximum absolute atomic E-state index is 12.0. The zero-order chi connectivity index (χ0) is 15.2. The van der Waals surface area contributed by atoms with Gasteiger partial charge in [0.1, 0.15) is 0 Å². The van der Waals surface area contributed by atoms with Gasteiger partial charge in [0.2, 0.25) is 5.88 Å². The monoisotopic (exact) mass is 306 g/mol. The molecule has 0 radical (unpaired) electrons. The number of ether oxygens (including phenoxy) is 1. The van der Waals surface area contributed by atoms with Crippen LogP contribution in [-0.2, 0) is 16.0 Å². The Labute approximate surface area is 125 Å². The van der Waals surface area contributed by atoms with Gasteiger partial charge in [0.15, 0.2) is 5.16 Å². The van der Waals surface area contributed by atoms with Crippen LogP contribution in [0.5, 0.6) is 5.88 Å². The molecule has 2 aromatic rings. The maximum atomic E-state index is 12.0. The minimum absolute atomic E-state index is 0.0108. The Balaban J connectivity index is 2.18. The number of carbonyl (C=O) groups is 1. The molecule has 0 saturated heterocycles. The third kappa shape index (κ3) is 4.09. The third-order valence-electron chi connectivity index (χ3n) is 2.75. The molecule has 0 unspecified atom stereocenters. The van der Waals surface area contributed by atoms with Crippen molar-refractivity contribution in [2.75, 3.05) is 12.9 Å². The van der Waals surface area contributed by atoms with Gasteiger partial charge in [-0.25, -0.2) is 0 Å². The van der Waals surface area contributed by atoms with Crippen LogP contribution in [0.2, 0.25) is 0 Å². The minimum atomic E-state index is -0.435. The fourth-order valence-corrected chi connectivity index (χ4v) is 2.37. The van der Waals surface area contributed by atoms with Crippen LogP contribution in [0, 0.1) is 0 Å². The predicted molar refractivity (Wildman–Crippen MR) is 78.5 cm³/mol. The van der Waals surface area contributed by atoms with Gasteiger partial charge in [-0.15, -0.1) is 0 Å². The highest BCUT2D eigenvalue weighted by molar-refractivity contribution is 7.99. The van der Waals surface area contributed by atoms with Gasteiger partial charge in [-0.05, 0) is 5.56 Å². The molecule has 2 N–H and O–H groups in total. The summed E-state index contributed by atoms with van der Waals surface area (Å²) in [6.45, 7) is 0. The summed E-state index contributed by atoms with van der Waals surface area (Å²) in [6.07, 6.45) is 0.289. The summed E-state index contributed by atoms with van der Waals surface area (Å²) in [5.41, 5.74) is 0.678. The number of hydrogen-bond donors (Lipinski definition) is 2. The number of aromatic nitrogens is 2. The molecular formula is C14H14N2O4S. The second-order valence-corrected chi connectivity index (χ2v) is 5.16. The maximum Gasteiger partial charge on any atom is 0.316 e. The molecular weight excluding hydrogens is 292 g/mol. The summed E-state index contributed by atoms with van der Waals surface area (Å²) in [5.74, 6) is -0.748. The number of nitrogens with zero attached hydrogens (tertiary/aromatic N) is 1. The highest BCUT2D eigenvalue weighted by Gasteiger charge is 2.12. The van der Waals surface area contributed by atoms with E-state index < -0.39 is 11.5 Å². The SMILES string of the molecule is COC(=O)CSc1nc(O)c(Cc2ccccc2)c(=O)[nH]1. The number of rotatable bonds is 5. The number of thioether (sulfide) groups is 1. The van der Waals surface area contributed by atoms with Crippen LogP contribution < -0.4 is 5.56 Å². The van der Waals surface area contributed by atoms with Crippen LogP contribution in [0.4, 0.5) is 0 Å².